The molecule has 0 aliphatic carbocycles. The van der Waals surface area contributed by atoms with Gasteiger partial charge in [0.2, 0.25) is 0 Å². The molecule has 0 aromatic carbocycles. The van der Waals surface area contributed by atoms with Gasteiger partial charge < -0.3 is 14.4 Å². The van der Waals surface area contributed by atoms with Crippen molar-refractivity contribution in [3.63, 3.8) is 0 Å². The lowest BCUT2D eigenvalue weighted by Crippen LogP contribution is -2.29. The third-order valence-electron chi connectivity index (χ3n) is 7.40. The lowest BCUT2D eigenvalue weighted by molar-refractivity contribution is -0.161. The monoisotopic (exact) mass is 744 g/mol. The van der Waals surface area contributed by atoms with Crippen LogP contribution in [0.1, 0.15) is 136 Å². The fourth-order valence-electron chi connectivity index (χ4n) is 4.63. The van der Waals surface area contributed by atoms with E-state index in [4.69, 9.17) is 18.5 Å². The summed E-state index contributed by atoms with van der Waals surface area (Å²) in [6.45, 7) is 5.11. The standard InChI is InChI=1S/C43H69O8P/c1-4-7-9-11-13-15-17-19-20-21-22-23-24-26-28-30-32-34-36-38-43(45)51-41(40-50-52(46,47)49-6-3)39-48-42(44)37-35-33-31-29-27-25-18-16-14-12-10-8-5-2/h7-10,13-16,19-20,22-23,25,27,31,33,41H,4-6,11-12,17-18,21,24,26,28-30,32,34-40H2,1-3H3,(H,46,47)/b9-7-,10-8-,15-13-,16-14-,20-19-,23-22-,27-25-,33-31-. The van der Waals surface area contributed by atoms with E-state index in [2.05, 4.69) is 98.9 Å². The summed E-state index contributed by atoms with van der Waals surface area (Å²) in [6.07, 6.45) is 49.1. The summed E-state index contributed by atoms with van der Waals surface area (Å²) in [5.74, 6) is -0.921. The van der Waals surface area contributed by atoms with Gasteiger partial charge in [0.05, 0.1) is 13.2 Å². The van der Waals surface area contributed by atoms with Crippen molar-refractivity contribution in [1.82, 2.24) is 0 Å². The zero-order valence-electron chi connectivity index (χ0n) is 32.4. The smallest absolute Gasteiger partial charge is 0.462 e. The van der Waals surface area contributed by atoms with Crippen molar-refractivity contribution in [2.75, 3.05) is 19.8 Å². The van der Waals surface area contributed by atoms with Crippen LogP contribution in [0.15, 0.2) is 97.2 Å². The van der Waals surface area contributed by atoms with Gasteiger partial charge in [-0.2, -0.15) is 0 Å². The zero-order chi connectivity index (χ0) is 38.2. The topological polar surface area (TPSA) is 108 Å². The van der Waals surface area contributed by atoms with E-state index in [1.165, 1.54) is 0 Å². The van der Waals surface area contributed by atoms with Crippen LogP contribution in [0.5, 0.6) is 0 Å². The molecule has 0 radical (unpaired) electrons. The molecule has 1 N–H and O–H groups in total. The molecule has 0 aromatic rings. The second-order valence-corrected chi connectivity index (χ2v) is 13.6. The van der Waals surface area contributed by atoms with Crippen molar-refractivity contribution < 1.29 is 37.6 Å². The first kappa shape index (κ1) is 49.0. The highest BCUT2D eigenvalue weighted by atomic mass is 31.2. The van der Waals surface area contributed by atoms with Gasteiger partial charge in [-0.3, -0.25) is 18.6 Å². The van der Waals surface area contributed by atoms with Gasteiger partial charge in [0.25, 0.3) is 0 Å². The molecule has 0 saturated carbocycles. The van der Waals surface area contributed by atoms with E-state index in [1.807, 2.05) is 12.2 Å². The van der Waals surface area contributed by atoms with Crippen LogP contribution in [0.3, 0.4) is 0 Å². The van der Waals surface area contributed by atoms with E-state index in [9.17, 15) is 19.0 Å². The third kappa shape index (κ3) is 36.8. The molecule has 2 unspecified atom stereocenters. The molecule has 0 bridgehead atoms. The highest BCUT2D eigenvalue weighted by molar-refractivity contribution is 7.47. The van der Waals surface area contributed by atoms with Crippen LogP contribution in [0.25, 0.3) is 0 Å². The average molecular weight is 745 g/mol. The Morgan fingerprint density at radius 3 is 1.46 bits per heavy atom. The lowest BCUT2D eigenvalue weighted by Gasteiger charge is -2.19. The van der Waals surface area contributed by atoms with Gasteiger partial charge in [-0.15, -0.1) is 0 Å². The summed E-state index contributed by atoms with van der Waals surface area (Å²) in [5, 5.41) is 0. The number of hydrogen-bond acceptors (Lipinski definition) is 7. The van der Waals surface area contributed by atoms with E-state index in [0.29, 0.717) is 12.8 Å². The molecular weight excluding hydrogens is 675 g/mol. The Morgan fingerprint density at radius 1 is 0.519 bits per heavy atom. The summed E-state index contributed by atoms with van der Waals surface area (Å²) < 4.78 is 32.4. The summed E-state index contributed by atoms with van der Waals surface area (Å²) in [6, 6.07) is 0. The molecule has 2 atom stereocenters. The predicted molar refractivity (Wildman–Crippen MR) is 216 cm³/mol. The number of allylic oxidation sites excluding steroid dienone is 16. The summed E-state index contributed by atoms with van der Waals surface area (Å²) in [7, 11) is -4.30. The van der Waals surface area contributed by atoms with Crippen molar-refractivity contribution in [1.29, 1.82) is 0 Å². The normalized spacial score (nSPS) is 14.5. The van der Waals surface area contributed by atoms with E-state index in [0.717, 1.165) is 89.9 Å². The van der Waals surface area contributed by atoms with E-state index in [-0.39, 0.29) is 26.1 Å². The molecule has 52 heavy (non-hydrogen) atoms. The van der Waals surface area contributed by atoms with Crippen molar-refractivity contribution in [3.8, 4) is 0 Å². The number of rotatable bonds is 34. The number of esters is 2. The SMILES string of the molecule is CC/C=C\C/C=C\C/C=C\C/C=C\CCCCCCCCC(=O)OC(COC(=O)CC/C=C\C/C=C\C/C=C\C/C=C\CC)COP(=O)(O)OCC. The minimum Gasteiger partial charge on any atom is -0.462 e. The van der Waals surface area contributed by atoms with Gasteiger partial charge in [-0.1, -0.05) is 137 Å². The van der Waals surface area contributed by atoms with Gasteiger partial charge in [-0.05, 0) is 84.0 Å². The largest absolute Gasteiger partial charge is 0.472 e. The molecule has 0 aliphatic rings. The Morgan fingerprint density at radius 2 is 0.962 bits per heavy atom. The Hall–Kier alpha value is -3.03. The molecule has 0 heterocycles. The van der Waals surface area contributed by atoms with Crippen LogP contribution in [0, 0.1) is 0 Å². The van der Waals surface area contributed by atoms with Crippen LogP contribution in [0.2, 0.25) is 0 Å². The first-order chi connectivity index (χ1) is 25.3. The quantitative estimate of drug-likeness (QED) is 0.0300. The van der Waals surface area contributed by atoms with Gasteiger partial charge >= 0.3 is 19.8 Å². The predicted octanol–water partition coefficient (Wildman–Crippen LogP) is 12.1. The van der Waals surface area contributed by atoms with Crippen LogP contribution < -0.4 is 0 Å². The van der Waals surface area contributed by atoms with Gasteiger partial charge in [0, 0.05) is 12.8 Å². The summed E-state index contributed by atoms with van der Waals surface area (Å²) >= 11 is 0. The minimum atomic E-state index is -4.30. The van der Waals surface area contributed by atoms with Crippen molar-refractivity contribution >= 4 is 19.8 Å². The maximum atomic E-state index is 12.5. The average Bonchev–Trinajstić information content (AvgIpc) is 3.12. The number of phosphoric ester groups is 1. The first-order valence-corrected chi connectivity index (χ1v) is 21.0. The maximum Gasteiger partial charge on any atom is 0.472 e. The van der Waals surface area contributed by atoms with Crippen molar-refractivity contribution in [3.05, 3.63) is 97.2 Å². The molecule has 8 nitrogen and oxygen atoms in total. The molecule has 0 spiro atoms. The van der Waals surface area contributed by atoms with Crippen LogP contribution in [-0.4, -0.2) is 42.8 Å². The molecule has 0 aliphatic heterocycles. The van der Waals surface area contributed by atoms with Crippen LogP contribution in [0.4, 0.5) is 0 Å². The van der Waals surface area contributed by atoms with E-state index < -0.39 is 32.5 Å². The van der Waals surface area contributed by atoms with Gasteiger partial charge in [0.15, 0.2) is 6.10 Å². The molecule has 0 amide bonds. The number of carbonyl (C=O) groups excluding carboxylic acids is 2. The number of unbranched alkanes of at least 4 members (excludes halogenated alkanes) is 6. The molecular formula is C43H69O8P. The molecule has 0 saturated heterocycles. The molecule has 0 fully saturated rings. The Bertz CT molecular complexity index is 1160. The zero-order valence-corrected chi connectivity index (χ0v) is 33.3. The molecule has 0 aromatic heterocycles. The highest BCUT2D eigenvalue weighted by Crippen LogP contribution is 2.43. The Labute approximate surface area is 316 Å². The number of carbonyl (C=O) groups is 2. The van der Waals surface area contributed by atoms with Crippen LogP contribution >= 0.6 is 7.82 Å². The number of hydrogen-bond donors (Lipinski definition) is 1. The summed E-state index contributed by atoms with van der Waals surface area (Å²) in [4.78, 5) is 34.6. The van der Waals surface area contributed by atoms with Gasteiger partial charge in [0.1, 0.15) is 6.61 Å². The van der Waals surface area contributed by atoms with Crippen molar-refractivity contribution in [2.45, 2.75) is 142 Å². The second-order valence-electron chi connectivity index (χ2n) is 12.2. The van der Waals surface area contributed by atoms with E-state index in [1.54, 1.807) is 6.92 Å². The Balaban J connectivity index is 4.26. The Kier molecular flexibility index (Phi) is 35.5. The van der Waals surface area contributed by atoms with Gasteiger partial charge in [-0.25, -0.2) is 4.57 Å². The molecule has 9 heteroatoms. The maximum absolute atomic E-state index is 12.5. The van der Waals surface area contributed by atoms with Crippen LogP contribution in [-0.2, 0) is 32.7 Å². The number of ether oxygens (including phenoxy) is 2. The fourth-order valence-corrected chi connectivity index (χ4v) is 5.39. The fraction of sp³-hybridized carbons (Fsp3) is 0.581. The lowest BCUT2D eigenvalue weighted by atomic mass is 10.1. The molecule has 0 rings (SSSR count). The molecule has 294 valence electrons. The first-order valence-electron chi connectivity index (χ1n) is 19.5. The van der Waals surface area contributed by atoms with E-state index >= 15 is 0 Å². The number of phosphoric acid groups is 1. The highest BCUT2D eigenvalue weighted by Gasteiger charge is 2.25. The van der Waals surface area contributed by atoms with Crippen molar-refractivity contribution in [2.24, 2.45) is 0 Å². The third-order valence-corrected chi connectivity index (χ3v) is 8.46. The minimum absolute atomic E-state index is 0.0189. The summed E-state index contributed by atoms with van der Waals surface area (Å²) in [5.41, 5.74) is 0. The second kappa shape index (κ2) is 37.7.